The highest BCUT2D eigenvalue weighted by Crippen LogP contribution is 2.13. The lowest BCUT2D eigenvalue weighted by molar-refractivity contribution is 1.06. The summed E-state index contributed by atoms with van der Waals surface area (Å²) in [6.07, 6.45) is 0. The van der Waals surface area contributed by atoms with E-state index < -0.39 is 0 Å². The van der Waals surface area contributed by atoms with Crippen molar-refractivity contribution in [1.29, 1.82) is 5.26 Å². The van der Waals surface area contributed by atoms with Crippen LogP contribution in [0.1, 0.15) is 22.3 Å². The minimum Gasteiger partial charge on any atom is -0.370 e. The molecule has 0 aliphatic rings. The molecule has 4 nitrogen and oxygen atoms in total. The fourth-order valence-electron chi connectivity index (χ4n) is 2.15. The Bertz CT molecular complexity index is 691. The smallest absolute Gasteiger partial charge is 0.193 e. The van der Waals surface area contributed by atoms with Gasteiger partial charge in [0, 0.05) is 5.69 Å². The predicted octanol–water partition coefficient (Wildman–Crippen LogP) is 3.10. The number of aryl methyl sites for hydroxylation is 2. The molecule has 106 valence electrons. The van der Waals surface area contributed by atoms with Crippen molar-refractivity contribution in [2.24, 2.45) is 10.7 Å². The zero-order valence-electron chi connectivity index (χ0n) is 12.2. The Morgan fingerprint density at radius 1 is 1.19 bits per heavy atom. The number of aliphatic imine (C=N–C) groups is 1. The molecule has 0 aliphatic heterocycles. The normalized spacial score (nSPS) is 11.0. The Kier molecular flexibility index (Phi) is 4.57. The number of guanidine groups is 1. The van der Waals surface area contributed by atoms with Crippen LogP contribution in [0.5, 0.6) is 0 Å². The van der Waals surface area contributed by atoms with E-state index in [1.165, 1.54) is 11.1 Å². The van der Waals surface area contributed by atoms with Gasteiger partial charge in [0.05, 0.1) is 18.2 Å². The van der Waals surface area contributed by atoms with E-state index in [-0.39, 0.29) is 0 Å². The van der Waals surface area contributed by atoms with E-state index in [1.54, 1.807) is 6.07 Å². The van der Waals surface area contributed by atoms with E-state index in [4.69, 9.17) is 11.0 Å². The molecule has 3 N–H and O–H groups in total. The van der Waals surface area contributed by atoms with Gasteiger partial charge < -0.3 is 11.1 Å². The largest absolute Gasteiger partial charge is 0.370 e. The fraction of sp³-hybridized carbons (Fsp3) is 0.176. The Balaban J connectivity index is 2.05. The second kappa shape index (κ2) is 6.58. The molecular formula is C17H18N4. The van der Waals surface area contributed by atoms with Crippen LogP contribution in [0.4, 0.5) is 5.69 Å². The summed E-state index contributed by atoms with van der Waals surface area (Å²) in [5.74, 6) is 0.363. The summed E-state index contributed by atoms with van der Waals surface area (Å²) in [5, 5.41) is 11.9. The first-order chi connectivity index (χ1) is 10.1. The first-order valence-electron chi connectivity index (χ1n) is 6.71. The van der Waals surface area contributed by atoms with Crippen LogP contribution in [0, 0.1) is 25.2 Å². The molecule has 0 saturated carbocycles. The monoisotopic (exact) mass is 278 g/mol. The summed E-state index contributed by atoms with van der Waals surface area (Å²) < 4.78 is 0. The Hall–Kier alpha value is -2.80. The zero-order chi connectivity index (χ0) is 15.2. The van der Waals surface area contributed by atoms with Crippen molar-refractivity contribution in [2.75, 3.05) is 5.32 Å². The van der Waals surface area contributed by atoms with Gasteiger partial charge in [-0.05, 0) is 54.8 Å². The molecular weight excluding hydrogens is 260 g/mol. The third kappa shape index (κ3) is 4.36. The van der Waals surface area contributed by atoms with Crippen molar-refractivity contribution in [3.8, 4) is 6.07 Å². The summed E-state index contributed by atoms with van der Waals surface area (Å²) in [5.41, 5.74) is 10.8. The van der Waals surface area contributed by atoms with Crippen molar-refractivity contribution in [2.45, 2.75) is 20.4 Å². The number of anilines is 1. The molecule has 2 rings (SSSR count). The SMILES string of the molecule is Cc1cc(C)cc(NC(N)=NCc2cccc(C#N)c2)c1. The quantitative estimate of drug-likeness (QED) is 0.669. The minimum atomic E-state index is 0.363. The highest BCUT2D eigenvalue weighted by Gasteiger charge is 1.99. The zero-order valence-corrected chi connectivity index (χ0v) is 12.2. The molecule has 21 heavy (non-hydrogen) atoms. The van der Waals surface area contributed by atoms with E-state index in [2.05, 4.69) is 22.4 Å². The number of hydrogen-bond acceptors (Lipinski definition) is 2. The molecule has 0 spiro atoms. The van der Waals surface area contributed by atoms with Gasteiger partial charge in [-0.3, -0.25) is 0 Å². The van der Waals surface area contributed by atoms with Crippen LogP contribution in [0.15, 0.2) is 47.5 Å². The first-order valence-corrected chi connectivity index (χ1v) is 6.71. The Morgan fingerprint density at radius 3 is 2.57 bits per heavy atom. The van der Waals surface area contributed by atoms with Gasteiger partial charge in [0.15, 0.2) is 5.96 Å². The first kappa shape index (κ1) is 14.6. The standard InChI is InChI=1S/C17H18N4/c1-12-6-13(2)8-16(7-12)21-17(19)20-11-15-5-3-4-14(9-15)10-18/h3-9H,11H2,1-2H3,(H3,19,20,21). The second-order valence-corrected chi connectivity index (χ2v) is 5.02. The van der Waals surface area contributed by atoms with Crippen LogP contribution in [-0.4, -0.2) is 5.96 Å². The van der Waals surface area contributed by atoms with Crippen LogP contribution < -0.4 is 11.1 Å². The summed E-state index contributed by atoms with van der Waals surface area (Å²) in [4.78, 5) is 4.30. The second-order valence-electron chi connectivity index (χ2n) is 5.02. The molecule has 0 radical (unpaired) electrons. The molecule has 0 aliphatic carbocycles. The van der Waals surface area contributed by atoms with Gasteiger partial charge in [-0.1, -0.05) is 18.2 Å². The number of nitrogens with one attached hydrogen (secondary N) is 1. The number of rotatable bonds is 3. The van der Waals surface area contributed by atoms with Crippen LogP contribution in [-0.2, 0) is 6.54 Å². The summed E-state index contributed by atoms with van der Waals surface area (Å²) in [6, 6.07) is 15.6. The van der Waals surface area contributed by atoms with Crippen molar-refractivity contribution in [1.82, 2.24) is 0 Å². The average Bonchev–Trinajstić information content (AvgIpc) is 2.44. The number of nitriles is 1. The third-order valence-electron chi connectivity index (χ3n) is 2.98. The van der Waals surface area contributed by atoms with Gasteiger partial charge >= 0.3 is 0 Å². The van der Waals surface area contributed by atoms with Gasteiger partial charge in [-0.2, -0.15) is 5.26 Å². The predicted molar refractivity (Wildman–Crippen MR) is 86.0 cm³/mol. The number of benzene rings is 2. The van der Waals surface area contributed by atoms with Crippen molar-refractivity contribution in [3.05, 3.63) is 64.7 Å². The molecule has 0 atom stereocenters. The van der Waals surface area contributed by atoms with Gasteiger partial charge in [-0.15, -0.1) is 0 Å². The Morgan fingerprint density at radius 2 is 1.90 bits per heavy atom. The van der Waals surface area contributed by atoms with Gasteiger partial charge in [0.25, 0.3) is 0 Å². The molecule has 0 amide bonds. The van der Waals surface area contributed by atoms with Crippen molar-refractivity contribution >= 4 is 11.6 Å². The molecule has 2 aromatic carbocycles. The van der Waals surface area contributed by atoms with Gasteiger partial charge in [0.1, 0.15) is 0 Å². The van der Waals surface area contributed by atoms with Crippen molar-refractivity contribution in [3.63, 3.8) is 0 Å². The van der Waals surface area contributed by atoms with Gasteiger partial charge in [0.2, 0.25) is 0 Å². The number of nitrogens with zero attached hydrogens (tertiary/aromatic N) is 2. The number of nitrogens with two attached hydrogens (primary N) is 1. The van der Waals surface area contributed by atoms with E-state index >= 15 is 0 Å². The molecule has 0 saturated heterocycles. The van der Waals surface area contributed by atoms with Crippen LogP contribution >= 0.6 is 0 Å². The van der Waals surface area contributed by atoms with E-state index in [0.29, 0.717) is 18.1 Å². The minimum absolute atomic E-state index is 0.363. The molecule has 0 fully saturated rings. The molecule has 0 unspecified atom stereocenters. The maximum Gasteiger partial charge on any atom is 0.193 e. The lowest BCUT2D eigenvalue weighted by atomic mass is 10.1. The van der Waals surface area contributed by atoms with Gasteiger partial charge in [-0.25, -0.2) is 4.99 Å². The maximum atomic E-state index is 8.86. The highest BCUT2D eigenvalue weighted by molar-refractivity contribution is 5.92. The summed E-state index contributed by atoms with van der Waals surface area (Å²) in [7, 11) is 0. The fourth-order valence-corrected chi connectivity index (χ4v) is 2.15. The number of hydrogen-bond donors (Lipinski definition) is 2. The van der Waals surface area contributed by atoms with Crippen LogP contribution in [0.25, 0.3) is 0 Å². The summed E-state index contributed by atoms with van der Waals surface area (Å²) >= 11 is 0. The van der Waals surface area contributed by atoms with E-state index in [0.717, 1.165) is 11.3 Å². The van der Waals surface area contributed by atoms with E-state index in [1.807, 2.05) is 44.2 Å². The van der Waals surface area contributed by atoms with Crippen LogP contribution in [0.3, 0.4) is 0 Å². The maximum absolute atomic E-state index is 8.86. The molecule has 4 heteroatoms. The van der Waals surface area contributed by atoms with Crippen molar-refractivity contribution < 1.29 is 0 Å². The molecule has 0 aromatic heterocycles. The van der Waals surface area contributed by atoms with E-state index in [9.17, 15) is 0 Å². The molecule has 0 bridgehead atoms. The topological polar surface area (TPSA) is 74.2 Å². The molecule has 2 aromatic rings. The lowest BCUT2D eigenvalue weighted by Crippen LogP contribution is -2.22. The highest BCUT2D eigenvalue weighted by atomic mass is 15.1. The summed E-state index contributed by atoms with van der Waals surface area (Å²) in [6.45, 7) is 4.52. The average molecular weight is 278 g/mol. The van der Waals surface area contributed by atoms with Crippen LogP contribution in [0.2, 0.25) is 0 Å². The third-order valence-corrected chi connectivity index (χ3v) is 2.98. The molecule has 0 heterocycles. The lowest BCUT2D eigenvalue weighted by Gasteiger charge is -2.08. The Labute approximate surface area is 124 Å².